The van der Waals surface area contributed by atoms with E-state index in [0.717, 1.165) is 11.3 Å². The lowest BCUT2D eigenvalue weighted by molar-refractivity contribution is -0.128. The molecule has 21 heavy (non-hydrogen) atoms. The molecule has 0 saturated heterocycles. The minimum Gasteiger partial charge on any atom is -0.493 e. The molecule has 114 valence electrons. The molecule has 1 heterocycles. The summed E-state index contributed by atoms with van der Waals surface area (Å²) in [4.78, 5) is 23.8. The van der Waals surface area contributed by atoms with Gasteiger partial charge in [0, 0.05) is 12.0 Å². The molecule has 0 aromatic heterocycles. The average molecular weight is 290 g/mol. The van der Waals surface area contributed by atoms with Gasteiger partial charge < -0.3 is 15.4 Å². The van der Waals surface area contributed by atoms with Crippen LogP contribution in [0.4, 0.5) is 0 Å². The van der Waals surface area contributed by atoms with Crippen LogP contribution in [0.3, 0.4) is 0 Å². The molecule has 5 heteroatoms. The molecular weight excluding hydrogens is 268 g/mol. The van der Waals surface area contributed by atoms with Crippen LogP contribution in [0.5, 0.6) is 5.75 Å². The predicted molar refractivity (Wildman–Crippen MR) is 80.0 cm³/mol. The molecule has 0 saturated carbocycles. The Hall–Kier alpha value is -2.04. The zero-order chi connectivity index (χ0) is 15.2. The number of carbonyl (C=O) groups excluding carboxylic acids is 2. The van der Waals surface area contributed by atoms with Gasteiger partial charge in [-0.25, -0.2) is 0 Å². The van der Waals surface area contributed by atoms with E-state index in [0.29, 0.717) is 19.4 Å². The fourth-order valence-electron chi connectivity index (χ4n) is 2.40. The number of benzene rings is 1. The highest BCUT2D eigenvalue weighted by Gasteiger charge is 2.23. The summed E-state index contributed by atoms with van der Waals surface area (Å²) >= 11 is 0. The maximum absolute atomic E-state index is 12.2. The number of fused-ring (bicyclic) bond motifs is 1. The molecule has 1 aromatic rings. The Morgan fingerprint density at radius 2 is 2.10 bits per heavy atom. The molecule has 0 aliphatic carbocycles. The standard InChI is InChI=1S/C16H22N2O3/c1-11(2)18-15(19)10-17-16(20)13-7-8-21-14-6-4-3-5-12(14)9-13/h3-6,11,13H,7-10H2,1-2H3,(H,17,20)(H,18,19)/t13-/m1/s1. The Morgan fingerprint density at radius 1 is 1.33 bits per heavy atom. The molecule has 1 atom stereocenters. The Balaban J connectivity index is 1.90. The molecule has 2 amide bonds. The first-order valence-electron chi connectivity index (χ1n) is 7.34. The Morgan fingerprint density at radius 3 is 2.86 bits per heavy atom. The summed E-state index contributed by atoms with van der Waals surface area (Å²) in [7, 11) is 0. The van der Waals surface area contributed by atoms with E-state index in [2.05, 4.69) is 10.6 Å². The SMILES string of the molecule is CC(C)NC(=O)CNC(=O)[C@@H]1CCOc2ccccc2C1. The smallest absolute Gasteiger partial charge is 0.239 e. The lowest BCUT2D eigenvalue weighted by atomic mass is 9.96. The molecule has 1 aliphatic rings. The van der Waals surface area contributed by atoms with Crippen LogP contribution in [0.2, 0.25) is 0 Å². The van der Waals surface area contributed by atoms with Crippen molar-refractivity contribution in [3.8, 4) is 5.75 Å². The van der Waals surface area contributed by atoms with Gasteiger partial charge in [-0.05, 0) is 38.3 Å². The summed E-state index contributed by atoms with van der Waals surface area (Å²) in [5, 5.41) is 5.46. The third kappa shape index (κ3) is 4.48. The highest BCUT2D eigenvalue weighted by atomic mass is 16.5. The second-order valence-electron chi connectivity index (χ2n) is 5.59. The Kier molecular flexibility index (Phi) is 5.20. The summed E-state index contributed by atoms with van der Waals surface area (Å²) in [5.41, 5.74) is 1.04. The van der Waals surface area contributed by atoms with Gasteiger partial charge in [0.2, 0.25) is 11.8 Å². The minimum atomic E-state index is -0.163. The third-order valence-electron chi connectivity index (χ3n) is 3.41. The maximum atomic E-state index is 12.2. The van der Waals surface area contributed by atoms with Gasteiger partial charge in [-0.3, -0.25) is 9.59 Å². The van der Waals surface area contributed by atoms with Gasteiger partial charge in [-0.15, -0.1) is 0 Å². The molecule has 2 rings (SSSR count). The van der Waals surface area contributed by atoms with E-state index < -0.39 is 0 Å². The van der Waals surface area contributed by atoms with Crippen LogP contribution in [-0.2, 0) is 16.0 Å². The van der Waals surface area contributed by atoms with E-state index in [-0.39, 0.29) is 30.3 Å². The van der Waals surface area contributed by atoms with Crippen molar-refractivity contribution in [3.05, 3.63) is 29.8 Å². The molecule has 1 aromatic carbocycles. The minimum absolute atomic E-state index is 0.0238. The topological polar surface area (TPSA) is 67.4 Å². The normalized spacial score (nSPS) is 17.4. The van der Waals surface area contributed by atoms with Crippen molar-refractivity contribution in [1.29, 1.82) is 0 Å². The number of nitrogens with one attached hydrogen (secondary N) is 2. The molecule has 2 N–H and O–H groups in total. The first-order valence-corrected chi connectivity index (χ1v) is 7.34. The molecule has 0 spiro atoms. The monoisotopic (exact) mass is 290 g/mol. The first kappa shape index (κ1) is 15.4. The molecule has 0 fully saturated rings. The average Bonchev–Trinajstić information content (AvgIpc) is 2.66. The van der Waals surface area contributed by atoms with Gasteiger partial charge in [0.15, 0.2) is 0 Å². The fourth-order valence-corrected chi connectivity index (χ4v) is 2.40. The first-order chi connectivity index (χ1) is 10.1. The zero-order valence-corrected chi connectivity index (χ0v) is 12.5. The Labute approximate surface area is 125 Å². The number of hydrogen-bond acceptors (Lipinski definition) is 3. The van der Waals surface area contributed by atoms with Crippen LogP contribution in [0, 0.1) is 5.92 Å². The van der Waals surface area contributed by atoms with Crippen molar-refractivity contribution in [2.24, 2.45) is 5.92 Å². The maximum Gasteiger partial charge on any atom is 0.239 e. The van der Waals surface area contributed by atoms with Crippen LogP contribution in [0.25, 0.3) is 0 Å². The zero-order valence-electron chi connectivity index (χ0n) is 12.5. The summed E-state index contributed by atoms with van der Waals surface area (Å²) in [6, 6.07) is 7.85. The highest BCUT2D eigenvalue weighted by molar-refractivity contribution is 5.86. The second-order valence-corrected chi connectivity index (χ2v) is 5.59. The van der Waals surface area contributed by atoms with E-state index in [1.165, 1.54) is 0 Å². The second kappa shape index (κ2) is 7.11. The van der Waals surface area contributed by atoms with E-state index in [4.69, 9.17) is 4.74 Å². The van der Waals surface area contributed by atoms with Crippen molar-refractivity contribution in [2.45, 2.75) is 32.7 Å². The van der Waals surface area contributed by atoms with Gasteiger partial charge in [0.1, 0.15) is 5.75 Å². The lowest BCUT2D eigenvalue weighted by Crippen LogP contribution is -2.42. The van der Waals surface area contributed by atoms with Crippen LogP contribution >= 0.6 is 0 Å². The largest absolute Gasteiger partial charge is 0.493 e. The van der Waals surface area contributed by atoms with Gasteiger partial charge >= 0.3 is 0 Å². The van der Waals surface area contributed by atoms with E-state index in [1.54, 1.807) is 0 Å². The summed E-state index contributed by atoms with van der Waals surface area (Å²) in [6.07, 6.45) is 1.31. The molecule has 1 aliphatic heterocycles. The Bertz CT molecular complexity index is 514. The van der Waals surface area contributed by atoms with E-state index >= 15 is 0 Å². The quantitative estimate of drug-likeness (QED) is 0.877. The number of ether oxygens (including phenoxy) is 1. The van der Waals surface area contributed by atoms with Crippen LogP contribution in [0.1, 0.15) is 25.8 Å². The third-order valence-corrected chi connectivity index (χ3v) is 3.41. The van der Waals surface area contributed by atoms with Gasteiger partial charge in [-0.2, -0.15) is 0 Å². The van der Waals surface area contributed by atoms with E-state index in [1.807, 2.05) is 38.1 Å². The van der Waals surface area contributed by atoms with Crippen LogP contribution < -0.4 is 15.4 Å². The van der Waals surface area contributed by atoms with Crippen molar-refractivity contribution in [3.63, 3.8) is 0 Å². The number of carbonyl (C=O) groups is 2. The fraction of sp³-hybridized carbons (Fsp3) is 0.500. The molecular formula is C16H22N2O3. The summed E-state index contributed by atoms with van der Waals surface area (Å²) < 4.78 is 5.65. The highest BCUT2D eigenvalue weighted by Crippen LogP contribution is 2.26. The molecule has 5 nitrogen and oxygen atoms in total. The van der Waals surface area contributed by atoms with Gasteiger partial charge in [0.05, 0.1) is 13.2 Å². The van der Waals surface area contributed by atoms with Crippen LogP contribution in [0.15, 0.2) is 24.3 Å². The predicted octanol–water partition coefficient (Wildman–Crippen LogP) is 1.27. The van der Waals surface area contributed by atoms with Crippen LogP contribution in [-0.4, -0.2) is 31.0 Å². The van der Waals surface area contributed by atoms with Crippen molar-refractivity contribution in [2.75, 3.05) is 13.2 Å². The number of amides is 2. The number of para-hydroxylation sites is 1. The summed E-state index contributed by atoms with van der Waals surface area (Å²) in [5.74, 6) is 0.448. The van der Waals surface area contributed by atoms with Gasteiger partial charge in [0.25, 0.3) is 0 Å². The lowest BCUT2D eigenvalue weighted by Gasteiger charge is -2.14. The van der Waals surface area contributed by atoms with Crippen molar-refractivity contribution in [1.82, 2.24) is 10.6 Å². The van der Waals surface area contributed by atoms with Gasteiger partial charge in [-0.1, -0.05) is 18.2 Å². The molecule has 0 unspecified atom stereocenters. The van der Waals surface area contributed by atoms with E-state index in [9.17, 15) is 9.59 Å². The number of rotatable bonds is 4. The summed E-state index contributed by atoms with van der Waals surface area (Å²) in [6.45, 7) is 4.32. The molecule has 0 radical (unpaired) electrons. The number of hydrogen-bond donors (Lipinski definition) is 2. The van der Waals surface area contributed by atoms with Crippen molar-refractivity contribution >= 4 is 11.8 Å². The molecule has 0 bridgehead atoms. The van der Waals surface area contributed by atoms with Crippen molar-refractivity contribution < 1.29 is 14.3 Å².